The molecule has 0 saturated heterocycles. The molecule has 58 heavy (non-hydrogen) atoms. The van der Waals surface area contributed by atoms with E-state index in [2.05, 4.69) is 50.4 Å². The third-order valence-corrected chi connectivity index (χ3v) is 11.3. The number of amides is 1. The number of nitrogens with one attached hydrogen (secondary N) is 1. The van der Waals surface area contributed by atoms with E-state index >= 15 is 0 Å². The smallest absolute Gasteiger partial charge is 0.306 e. The van der Waals surface area contributed by atoms with Crippen LogP contribution in [0.1, 0.15) is 245 Å². The average Bonchev–Trinajstić information content (AvgIpc) is 3.22. The summed E-state index contributed by atoms with van der Waals surface area (Å²) in [6.07, 6.45) is 54.6. The number of aliphatic hydroxyl groups excluding tert-OH is 2. The van der Waals surface area contributed by atoms with E-state index in [0.29, 0.717) is 19.3 Å². The number of allylic oxidation sites excluding steroid dienone is 8. The fourth-order valence-corrected chi connectivity index (χ4v) is 7.50. The molecule has 0 fully saturated rings. The van der Waals surface area contributed by atoms with E-state index in [0.717, 1.165) is 70.6 Å². The summed E-state index contributed by atoms with van der Waals surface area (Å²) in [5.74, 6) is -0.516. The lowest BCUT2D eigenvalue weighted by Gasteiger charge is -2.24. The second-order valence-corrected chi connectivity index (χ2v) is 16.9. The Morgan fingerprint density at radius 1 is 0.517 bits per heavy atom. The zero-order valence-corrected chi connectivity index (χ0v) is 38.4. The molecule has 0 spiro atoms. The first-order valence-corrected chi connectivity index (χ1v) is 24.9. The molecular weight excluding hydrogens is 719 g/mol. The Morgan fingerprint density at radius 3 is 1.40 bits per heavy atom. The summed E-state index contributed by atoms with van der Waals surface area (Å²) in [7, 11) is 0. The van der Waals surface area contributed by atoms with Crippen LogP contribution in [0.15, 0.2) is 48.6 Å². The summed E-state index contributed by atoms with van der Waals surface area (Å²) >= 11 is 0. The van der Waals surface area contributed by atoms with Gasteiger partial charge in [0, 0.05) is 6.42 Å². The van der Waals surface area contributed by atoms with Crippen molar-refractivity contribution >= 4 is 11.9 Å². The van der Waals surface area contributed by atoms with Gasteiger partial charge in [0.2, 0.25) is 5.91 Å². The summed E-state index contributed by atoms with van der Waals surface area (Å²) in [5.41, 5.74) is 0. The molecule has 3 unspecified atom stereocenters. The van der Waals surface area contributed by atoms with Crippen LogP contribution < -0.4 is 5.32 Å². The fraction of sp³-hybridized carbons (Fsp3) is 0.808. The van der Waals surface area contributed by atoms with Gasteiger partial charge < -0.3 is 20.3 Å². The number of rotatable bonds is 44. The minimum absolute atomic E-state index is 0.0633. The molecule has 0 aliphatic rings. The lowest BCUT2D eigenvalue weighted by molar-refractivity contribution is -0.151. The van der Waals surface area contributed by atoms with Gasteiger partial charge in [0.25, 0.3) is 0 Å². The van der Waals surface area contributed by atoms with Gasteiger partial charge >= 0.3 is 5.97 Å². The van der Waals surface area contributed by atoms with Gasteiger partial charge in [-0.2, -0.15) is 0 Å². The molecule has 0 aromatic carbocycles. The summed E-state index contributed by atoms with van der Waals surface area (Å²) in [4.78, 5) is 26.0. The fourth-order valence-electron chi connectivity index (χ4n) is 7.50. The molecule has 6 nitrogen and oxygen atoms in total. The van der Waals surface area contributed by atoms with Crippen molar-refractivity contribution in [3.8, 4) is 0 Å². The van der Waals surface area contributed by atoms with Crippen LogP contribution in [0.25, 0.3) is 0 Å². The van der Waals surface area contributed by atoms with Crippen molar-refractivity contribution < 1.29 is 24.5 Å². The molecule has 0 heterocycles. The number of carbonyl (C=O) groups is 2. The Kier molecular flexibility index (Phi) is 44.2. The van der Waals surface area contributed by atoms with E-state index in [4.69, 9.17) is 4.74 Å². The first-order chi connectivity index (χ1) is 28.5. The van der Waals surface area contributed by atoms with E-state index in [1.807, 2.05) is 24.3 Å². The van der Waals surface area contributed by atoms with Crippen LogP contribution >= 0.6 is 0 Å². The van der Waals surface area contributed by atoms with Gasteiger partial charge in [0.15, 0.2) is 0 Å². The van der Waals surface area contributed by atoms with Crippen molar-refractivity contribution in [1.29, 1.82) is 0 Å². The standard InChI is InChI=1S/C52H95NO5/c1-4-7-10-13-16-19-22-24-25-26-28-29-32-35-38-41-44-50(55)49(47-54)53-51(56)46-48(43-40-37-34-31-21-18-15-12-9-6-3)58-52(57)45-42-39-36-33-30-27-23-20-17-14-11-8-5-2/h8,11,14,17,20,23,27,30,48-50,54-55H,4-7,9-10,12-13,15-16,18-19,21-22,24-26,28-29,31-47H2,1-3H3,(H,53,56)/b11-8+,17-14+,23-20-,30-27-. The molecule has 0 aliphatic carbocycles. The summed E-state index contributed by atoms with van der Waals surface area (Å²) < 4.78 is 5.89. The third-order valence-electron chi connectivity index (χ3n) is 11.3. The molecule has 1 amide bonds. The van der Waals surface area contributed by atoms with Gasteiger partial charge in [-0.05, 0) is 44.9 Å². The maximum atomic E-state index is 13.2. The van der Waals surface area contributed by atoms with Crippen molar-refractivity contribution in [3.63, 3.8) is 0 Å². The van der Waals surface area contributed by atoms with Crippen molar-refractivity contribution in [2.45, 2.75) is 264 Å². The summed E-state index contributed by atoms with van der Waals surface area (Å²) in [5, 5.41) is 23.7. The molecule has 0 rings (SSSR count). The zero-order chi connectivity index (χ0) is 42.4. The molecule has 0 radical (unpaired) electrons. The molecule has 0 aromatic heterocycles. The minimum Gasteiger partial charge on any atom is -0.462 e. The molecule has 3 N–H and O–H groups in total. The Hall–Kier alpha value is -2.18. The molecule has 3 atom stereocenters. The van der Waals surface area contributed by atoms with Crippen molar-refractivity contribution in [1.82, 2.24) is 5.32 Å². The van der Waals surface area contributed by atoms with Crippen molar-refractivity contribution in [3.05, 3.63) is 48.6 Å². The zero-order valence-electron chi connectivity index (χ0n) is 38.4. The van der Waals surface area contributed by atoms with Gasteiger partial charge in [0.1, 0.15) is 6.10 Å². The summed E-state index contributed by atoms with van der Waals surface area (Å²) in [6.45, 7) is 6.33. The van der Waals surface area contributed by atoms with Crippen LogP contribution in [-0.2, 0) is 14.3 Å². The second-order valence-electron chi connectivity index (χ2n) is 16.9. The first-order valence-electron chi connectivity index (χ1n) is 24.9. The molecular formula is C52H95NO5. The van der Waals surface area contributed by atoms with Crippen LogP contribution in [-0.4, -0.2) is 46.9 Å². The van der Waals surface area contributed by atoms with Crippen molar-refractivity contribution in [2.24, 2.45) is 0 Å². The molecule has 0 aromatic rings. The second kappa shape index (κ2) is 45.9. The maximum absolute atomic E-state index is 13.2. The van der Waals surface area contributed by atoms with Crippen LogP contribution in [0.4, 0.5) is 0 Å². The average molecular weight is 814 g/mol. The maximum Gasteiger partial charge on any atom is 0.306 e. The highest BCUT2D eigenvalue weighted by molar-refractivity contribution is 5.77. The van der Waals surface area contributed by atoms with Gasteiger partial charge in [-0.15, -0.1) is 0 Å². The Morgan fingerprint density at radius 2 is 0.931 bits per heavy atom. The van der Waals surface area contributed by atoms with Gasteiger partial charge in [-0.25, -0.2) is 0 Å². The van der Waals surface area contributed by atoms with Crippen LogP contribution in [0, 0.1) is 0 Å². The van der Waals surface area contributed by atoms with Gasteiger partial charge in [-0.1, -0.05) is 236 Å². The molecule has 338 valence electrons. The highest BCUT2D eigenvalue weighted by Gasteiger charge is 2.24. The van der Waals surface area contributed by atoms with E-state index in [1.165, 1.54) is 128 Å². The predicted octanol–water partition coefficient (Wildman–Crippen LogP) is 14.7. The topological polar surface area (TPSA) is 95.9 Å². The van der Waals surface area contributed by atoms with Crippen LogP contribution in [0.3, 0.4) is 0 Å². The Balaban J connectivity index is 4.52. The minimum atomic E-state index is -0.792. The van der Waals surface area contributed by atoms with E-state index in [-0.39, 0.29) is 24.9 Å². The SMILES string of the molecule is CC/C=C/C=C/C=C\C=C/CCCCCC(=O)OC(CCCCCCCCCCCC)CC(=O)NC(CO)C(O)CCCCCCCCCCCCCCCCCC. The highest BCUT2D eigenvalue weighted by Crippen LogP contribution is 2.18. The van der Waals surface area contributed by atoms with E-state index in [1.54, 1.807) is 0 Å². The van der Waals surface area contributed by atoms with Gasteiger partial charge in [0.05, 0.1) is 25.2 Å². The lowest BCUT2D eigenvalue weighted by Crippen LogP contribution is -2.46. The number of esters is 1. The Bertz CT molecular complexity index is 1000. The number of aliphatic hydroxyl groups is 2. The molecule has 6 heteroatoms. The largest absolute Gasteiger partial charge is 0.462 e. The molecule has 0 bridgehead atoms. The Labute approximate surface area is 359 Å². The number of hydrogen-bond donors (Lipinski definition) is 3. The van der Waals surface area contributed by atoms with E-state index in [9.17, 15) is 19.8 Å². The predicted molar refractivity (Wildman–Crippen MR) is 250 cm³/mol. The summed E-state index contributed by atoms with van der Waals surface area (Å²) in [6, 6.07) is -0.707. The molecule has 0 saturated carbocycles. The van der Waals surface area contributed by atoms with Crippen LogP contribution in [0.2, 0.25) is 0 Å². The normalized spacial score (nSPS) is 13.7. The number of unbranched alkanes of at least 4 members (excludes halogenated alkanes) is 27. The number of carbonyl (C=O) groups excluding carboxylic acids is 2. The lowest BCUT2D eigenvalue weighted by atomic mass is 10.0. The third kappa shape index (κ3) is 40.6. The highest BCUT2D eigenvalue weighted by atomic mass is 16.5. The van der Waals surface area contributed by atoms with Crippen LogP contribution in [0.5, 0.6) is 0 Å². The quantitative estimate of drug-likeness (QED) is 0.0323. The number of hydrogen-bond acceptors (Lipinski definition) is 5. The van der Waals surface area contributed by atoms with E-state index < -0.39 is 18.2 Å². The van der Waals surface area contributed by atoms with Crippen molar-refractivity contribution in [2.75, 3.05) is 6.61 Å². The number of ether oxygens (including phenoxy) is 1. The monoisotopic (exact) mass is 814 g/mol. The molecule has 0 aliphatic heterocycles. The first kappa shape index (κ1) is 55.8. The van der Waals surface area contributed by atoms with Gasteiger partial charge in [-0.3, -0.25) is 9.59 Å².